The molecule has 10 nitrogen and oxygen atoms in total. The third-order valence-electron chi connectivity index (χ3n) is 5.29. The third kappa shape index (κ3) is 8.66. The summed E-state index contributed by atoms with van der Waals surface area (Å²) in [6, 6.07) is 10.9. The van der Waals surface area contributed by atoms with Gasteiger partial charge in [-0.3, -0.25) is 9.59 Å². The van der Waals surface area contributed by atoms with Crippen LogP contribution < -0.4 is 26.4 Å². The van der Waals surface area contributed by atoms with Crippen LogP contribution in [0.1, 0.15) is 20.8 Å². The Labute approximate surface area is 230 Å². The van der Waals surface area contributed by atoms with Gasteiger partial charge in [-0.05, 0) is 55.3 Å². The van der Waals surface area contributed by atoms with Gasteiger partial charge in [0.15, 0.2) is 11.6 Å². The molecule has 2 atom stereocenters. The van der Waals surface area contributed by atoms with Gasteiger partial charge in [-0.1, -0.05) is 38.1 Å². The Balaban J connectivity index is 1.63. The van der Waals surface area contributed by atoms with Crippen LogP contribution in [0.15, 0.2) is 61.3 Å². The lowest BCUT2D eigenvalue weighted by Gasteiger charge is -2.19. The molecule has 39 heavy (non-hydrogen) atoms. The second-order valence-corrected chi connectivity index (χ2v) is 9.30. The van der Waals surface area contributed by atoms with Gasteiger partial charge >= 0.3 is 5.97 Å². The fourth-order valence-electron chi connectivity index (χ4n) is 3.14. The summed E-state index contributed by atoms with van der Waals surface area (Å²) < 4.78 is 25.4. The number of nitrogens with two attached hydrogens (primary N) is 1. The minimum Gasteiger partial charge on any atom is -0.486 e. The Kier molecular flexibility index (Phi) is 10.2. The average molecular weight is 557 g/mol. The third-order valence-corrected chi connectivity index (χ3v) is 5.58. The number of amides is 1. The summed E-state index contributed by atoms with van der Waals surface area (Å²) >= 11 is 6.38. The number of esters is 1. The lowest BCUT2D eigenvalue weighted by molar-refractivity contribution is -0.148. The number of ether oxygens (including phenoxy) is 2. The number of halogens is 2. The van der Waals surface area contributed by atoms with Crippen LogP contribution in [0.3, 0.4) is 0 Å². The summed E-state index contributed by atoms with van der Waals surface area (Å²) in [6.07, 6.45) is 1.70. The highest BCUT2D eigenvalue weighted by molar-refractivity contribution is 6.32. The van der Waals surface area contributed by atoms with E-state index in [1.807, 2.05) is 13.8 Å². The van der Waals surface area contributed by atoms with E-state index < -0.39 is 23.9 Å². The van der Waals surface area contributed by atoms with Crippen LogP contribution in [0.25, 0.3) is 0 Å². The molecule has 5 N–H and O–H groups in total. The SMILES string of the molecule is C=CC(=O)Nc1cccc(Nc2nc(Nc3ccc(O[C@H](C)COC(=O)[C@@H](N)C(C)C)c(Cl)c3)ncc2F)c1. The first-order valence-corrected chi connectivity index (χ1v) is 12.4. The standard InChI is InChI=1S/C27H30ClFN6O4/c1-5-23(36)32-17-7-6-8-18(11-17)33-25-21(29)13-31-27(35-25)34-19-9-10-22(20(28)12-19)39-16(4)14-38-26(37)24(30)15(2)3/h5-13,15-16,24H,1,14,30H2,2-4H3,(H,32,36)(H2,31,33,34,35)/t16-,24+/m1/s1. The van der Waals surface area contributed by atoms with Gasteiger partial charge in [-0.15, -0.1) is 0 Å². The van der Waals surface area contributed by atoms with Crippen molar-refractivity contribution < 1.29 is 23.5 Å². The molecule has 3 aromatic rings. The van der Waals surface area contributed by atoms with Gasteiger partial charge in [0.2, 0.25) is 11.9 Å². The Morgan fingerprint density at radius 2 is 1.85 bits per heavy atom. The van der Waals surface area contributed by atoms with E-state index in [1.54, 1.807) is 49.4 Å². The van der Waals surface area contributed by atoms with Crippen molar-refractivity contribution in [3.8, 4) is 5.75 Å². The van der Waals surface area contributed by atoms with E-state index in [-0.39, 0.29) is 35.2 Å². The van der Waals surface area contributed by atoms with E-state index in [2.05, 4.69) is 32.5 Å². The van der Waals surface area contributed by atoms with Crippen LogP contribution in [-0.2, 0) is 14.3 Å². The molecule has 1 aromatic heterocycles. The molecule has 12 heteroatoms. The Bertz CT molecular complexity index is 1340. The lowest BCUT2D eigenvalue weighted by atomic mass is 10.1. The van der Waals surface area contributed by atoms with Crippen molar-refractivity contribution >= 4 is 52.3 Å². The van der Waals surface area contributed by atoms with Crippen LogP contribution in [-0.4, -0.2) is 40.6 Å². The first-order chi connectivity index (χ1) is 18.5. The van der Waals surface area contributed by atoms with Crippen molar-refractivity contribution in [1.82, 2.24) is 9.97 Å². The minimum atomic E-state index is -0.703. The summed E-state index contributed by atoms with van der Waals surface area (Å²) in [5, 5.41) is 8.76. The number of nitrogens with one attached hydrogen (secondary N) is 3. The normalized spacial score (nSPS) is 12.3. The zero-order valence-electron chi connectivity index (χ0n) is 21.7. The maximum atomic E-state index is 14.4. The van der Waals surface area contributed by atoms with Crippen molar-refractivity contribution in [2.24, 2.45) is 11.7 Å². The molecule has 0 aliphatic rings. The number of rotatable bonds is 12. The predicted molar refractivity (Wildman–Crippen MR) is 149 cm³/mol. The second-order valence-electron chi connectivity index (χ2n) is 8.89. The number of nitrogens with zero attached hydrogens (tertiary/aromatic N) is 2. The van der Waals surface area contributed by atoms with Gasteiger partial charge in [0.05, 0.1) is 11.2 Å². The fourth-order valence-corrected chi connectivity index (χ4v) is 3.37. The zero-order chi connectivity index (χ0) is 28.5. The van der Waals surface area contributed by atoms with Crippen molar-refractivity contribution in [2.45, 2.75) is 32.9 Å². The van der Waals surface area contributed by atoms with Crippen molar-refractivity contribution in [3.63, 3.8) is 0 Å². The smallest absolute Gasteiger partial charge is 0.323 e. The average Bonchev–Trinajstić information content (AvgIpc) is 2.90. The number of carbonyl (C=O) groups is 2. The Morgan fingerprint density at radius 3 is 2.54 bits per heavy atom. The molecular weight excluding hydrogens is 527 g/mol. The number of anilines is 5. The molecule has 2 aromatic carbocycles. The molecule has 3 rings (SSSR count). The molecule has 206 valence electrons. The molecule has 0 aliphatic carbocycles. The molecule has 0 radical (unpaired) electrons. The lowest BCUT2D eigenvalue weighted by Crippen LogP contribution is -2.38. The predicted octanol–water partition coefficient (Wildman–Crippen LogP) is 5.17. The summed E-state index contributed by atoms with van der Waals surface area (Å²) in [7, 11) is 0. The molecule has 0 saturated carbocycles. The maximum Gasteiger partial charge on any atom is 0.323 e. The summed E-state index contributed by atoms with van der Waals surface area (Å²) in [6.45, 7) is 8.83. The molecule has 0 aliphatic heterocycles. The number of hydrogen-bond donors (Lipinski definition) is 4. The van der Waals surface area contributed by atoms with Gasteiger partial charge in [-0.2, -0.15) is 4.98 Å². The highest BCUT2D eigenvalue weighted by Gasteiger charge is 2.20. The highest BCUT2D eigenvalue weighted by Crippen LogP contribution is 2.30. The van der Waals surface area contributed by atoms with E-state index >= 15 is 0 Å². The van der Waals surface area contributed by atoms with Gasteiger partial charge in [0, 0.05) is 17.1 Å². The van der Waals surface area contributed by atoms with Crippen molar-refractivity contribution in [1.29, 1.82) is 0 Å². The van der Waals surface area contributed by atoms with E-state index in [9.17, 15) is 14.0 Å². The van der Waals surface area contributed by atoms with Crippen LogP contribution in [0.2, 0.25) is 5.02 Å². The van der Waals surface area contributed by atoms with E-state index in [0.717, 1.165) is 12.3 Å². The van der Waals surface area contributed by atoms with Gasteiger partial charge in [-0.25, -0.2) is 9.37 Å². The highest BCUT2D eigenvalue weighted by atomic mass is 35.5. The second kappa shape index (κ2) is 13.5. The summed E-state index contributed by atoms with van der Waals surface area (Å²) in [5.74, 6) is -1.16. The van der Waals surface area contributed by atoms with Crippen molar-refractivity contribution in [2.75, 3.05) is 22.6 Å². The molecule has 0 fully saturated rings. The number of aromatic nitrogens is 2. The van der Waals surface area contributed by atoms with Gasteiger partial charge < -0.3 is 31.2 Å². The quantitative estimate of drug-likeness (QED) is 0.175. The largest absolute Gasteiger partial charge is 0.486 e. The first-order valence-electron chi connectivity index (χ1n) is 12.0. The van der Waals surface area contributed by atoms with Gasteiger partial charge in [0.25, 0.3) is 0 Å². The molecule has 0 unspecified atom stereocenters. The van der Waals surface area contributed by atoms with E-state index in [0.29, 0.717) is 22.8 Å². The van der Waals surface area contributed by atoms with Crippen LogP contribution in [0.4, 0.5) is 33.2 Å². The maximum absolute atomic E-state index is 14.4. The number of benzene rings is 2. The molecule has 1 amide bonds. The Hall–Kier alpha value is -4.22. The molecule has 0 spiro atoms. The van der Waals surface area contributed by atoms with E-state index in [4.69, 9.17) is 26.8 Å². The van der Waals surface area contributed by atoms with Crippen LogP contribution >= 0.6 is 11.6 Å². The minimum absolute atomic E-state index is 0.0122. The summed E-state index contributed by atoms with van der Waals surface area (Å²) in [5.41, 5.74) is 7.32. The fraction of sp³-hybridized carbons (Fsp3) is 0.259. The molecule has 0 saturated heterocycles. The number of carbonyl (C=O) groups excluding carboxylic acids is 2. The Morgan fingerprint density at radius 1 is 1.13 bits per heavy atom. The van der Waals surface area contributed by atoms with Crippen LogP contribution in [0.5, 0.6) is 5.75 Å². The molecular formula is C27H30ClFN6O4. The molecule has 1 heterocycles. The topological polar surface area (TPSA) is 140 Å². The van der Waals surface area contributed by atoms with Gasteiger partial charge in [0.1, 0.15) is 24.5 Å². The number of hydrogen-bond acceptors (Lipinski definition) is 9. The van der Waals surface area contributed by atoms with Crippen molar-refractivity contribution in [3.05, 3.63) is 72.2 Å². The zero-order valence-corrected chi connectivity index (χ0v) is 22.5. The summed E-state index contributed by atoms with van der Waals surface area (Å²) in [4.78, 5) is 31.6. The molecule has 0 bridgehead atoms. The monoisotopic (exact) mass is 556 g/mol. The van der Waals surface area contributed by atoms with Crippen LogP contribution in [0, 0.1) is 11.7 Å². The van der Waals surface area contributed by atoms with E-state index in [1.165, 1.54) is 0 Å². The first kappa shape index (κ1) is 29.3.